The third-order valence-corrected chi connectivity index (χ3v) is 6.47. The second kappa shape index (κ2) is 11.9. The number of hydrogen-bond acceptors (Lipinski definition) is 6. The van der Waals surface area contributed by atoms with Crippen LogP contribution in [0, 0.1) is 0 Å². The summed E-state index contributed by atoms with van der Waals surface area (Å²) in [5.41, 5.74) is 1.70. The SMILES string of the molecule is COc1ccc([C@H](CNC(=O)CCC(=O)c2ccc3c(c2)OCCCO3)N2CCCCC2)cc1. The molecule has 1 N–H and O–H groups in total. The number of carbonyl (C=O) groups excluding carboxylic acids is 2. The highest BCUT2D eigenvalue weighted by atomic mass is 16.5. The average molecular weight is 467 g/mol. The first-order chi connectivity index (χ1) is 16.6. The van der Waals surface area contributed by atoms with Gasteiger partial charge in [0.2, 0.25) is 5.91 Å². The van der Waals surface area contributed by atoms with Crippen molar-refractivity contribution < 1.29 is 23.8 Å². The largest absolute Gasteiger partial charge is 0.497 e. The molecule has 2 aromatic rings. The number of amides is 1. The van der Waals surface area contributed by atoms with Crippen LogP contribution in [0.1, 0.15) is 60.5 Å². The number of Topliss-reactive ketones (excluding diaryl/α,β-unsaturated/α-hetero) is 1. The Morgan fingerprint density at radius 3 is 2.41 bits per heavy atom. The van der Waals surface area contributed by atoms with Crippen molar-refractivity contribution in [1.82, 2.24) is 10.2 Å². The third-order valence-electron chi connectivity index (χ3n) is 6.47. The number of piperidine rings is 1. The van der Waals surface area contributed by atoms with Gasteiger partial charge in [-0.05, 0) is 61.8 Å². The molecular weight excluding hydrogens is 432 g/mol. The summed E-state index contributed by atoms with van der Waals surface area (Å²) < 4.78 is 16.6. The van der Waals surface area contributed by atoms with Gasteiger partial charge in [0.25, 0.3) is 0 Å². The maximum Gasteiger partial charge on any atom is 0.220 e. The molecule has 4 rings (SSSR count). The van der Waals surface area contributed by atoms with Crippen LogP contribution in [0.25, 0.3) is 0 Å². The monoisotopic (exact) mass is 466 g/mol. The van der Waals surface area contributed by atoms with Crippen LogP contribution >= 0.6 is 0 Å². The van der Waals surface area contributed by atoms with Crippen molar-refractivity contribution in [3.63, 3.8) is 0 Å². The maximum absolute atomic E-state index is 12.7. The molecule has 2 aliphatic rings. The summed E-state index contributed by atoms with van der Waals surface area (Å²) in [5, 5.41) is 3.06. The van der Waals surface area contributed by atoms with E-state index in [0.717, 1.165) is 30.8 Å². The van der Waals surface area contributed by atoms with Gasteiger partial charge >= 0.3 is 0 Å². The summed E-state index contributed by atoms with van der Waals surface area (Å²) in [6.07, 6.45) is 4.72. The van der Waals surface area contributed by atoms with Crippen LogP contribution in [0.5, 0.6) is 17.2 Å². The Bertz CT molecular complexity index is 969. The first kappa shape index (κ1) is 24.1. The predicted molar refractivity (Wildman–Crippen MR) is 130 cm³/mol. The Balaban J connectivity index is 1.32. The number of carbonyl (C=O) groups is 2. The fourth-order valence-corrected chi connectivity index (χ4v) is 4.52. The quantitative estimate of drug-likeness (QED) is 0.559. The molecule has 1 saturated heterocycles. The minimum Gasteiger partial charge on any atom is -0.497 e. The molecule has 1 amide bonds. The lowest BCUT2D eigenvalue weighted by atomic mass is 10.0. The first-order valence-corrected chi connectivity index (χ1v) is 12.2. The molecule has 34 heavy (non-hydrogen) atoms. The van der Waals surface area contributed by atoms with E-state index in [1.54, 1.807) is 25.3 Å². The number of nitrogens with one attached hydrogen (secondary N) is 1. The second-order valence-corrected chi connectivity index (χ2v) is 8.82. The molecule has 0 saturated carbocycles. The van der Waals surface area contributed by atoms with Crippen LogP contribution in [-0.4, -0.2) is 56.5 Å². The number of nitrogens with zero attached hydrogens (tertiary/aromatic N) is 1. The van der Waals surface area contributed by atoms with Gasteiger partial charge in [-0.1, -0.05) is 18.6 Å². The van der Waals surface area contributed by atoms with Crippen molar-refractivity contribution >= 4 is 11.7 Å². The van der Waals surface area contributed by atoms with Gasteiger partial charge in [-0.15, -0.1) is 0 Å². The number of hydrogen-bond donors (Lipinski definition) is 1. The lowest BCUT2D eigenvalue weighted by molar-refractivity contribution is -0.121. The molecule has 2 aromatic carbocycles. The van der Waals surface area contributed by atoms with Crippen molar-refractivity contribution in [1.29, 1.82) is 0 Å². The standard InChI is InChI=1S/C27H34N2O5/c1-32-22-9-6-20(7-10-22)23(29-14-3-2-4-15-29)19-28-27(31)13-11-24(30)21-8-12-25-26(18-21)34-17-5-16-33-25/h6-10,12,18,23H,2-5,11,13-17,19H2,1H3,(H,28,31)/t23-/m0/s1. The van der Waals surface area contributed by atoms with Crippen LogP contribution in [0.4, 0.5) is 0 Å². The molecule has 0 aromatic heterocycles. The van der Waals surface area contributed by atoms with Gasteiger partial charge in [-0.25, -0.2) is 0 Å². The highest BCUT2D eigenvalue weighted by Crippen LogP contribution is 2.31. The van der Waals surface area contributed by atoms with Crippen molar-refractivity contribution in [3.8, 4) is 17.2 Å². The Morgan fingerprint density at radius 1 is 0.941 bits per heavy atom. The molecule has 2 heterocycles. The minimum atomic E-state index is -0.113. The number of methoxy groups -OCH3 is 1. The molecule has 2 aliphatic heterocycles. The summed E-state index contributed by atoms with van der Waals surface area (Å²) in [5.74, 6) is 1.89. The van der Waals surface area contributed by atoms with E-state index >= 15 is 0 Å². The van der Waals surface area contributed by atoms with Gasteiger partial charge in [0.1, 0.15) is 5.75 Å². The van der Waals surface area contributed by atoms with E-state index in [1.165, 1.54) is 19.3 Å². The zero-order chi connectivity index (χ0) is 23.8. The number of likely N-dealkylation sites (tertiary alicyclic amines) is 1. The van der Waals surface area contributed by atoms with Gasteiger partial charge in [0, 0.05) is 31.4 Å². The maximum atomic E-state index is 12.7. The molecule has 0 unspecified atom stereocenters. The zero-order valence-electron chi connectivity index (χ0n) is 19.9. The second-order valence-electron chi connectivity index (χ2n) is 8.82. The molecule has 0 radical (unpaired) electrons. The molecule has 0 spiro atoms. The van der Waals surface area contributed by atoms with E-state index in [0.29, 0.717) is 36.8 Å². The predicted octanol–water partition coefficient (Wildman–Crippen LogP) is 4.16. The van der Waals surface area contributed by atoms with E-state index in [4.69, 9.17) is 14.2 Å². The number of ketones is 1. The van der Waals surface area contributed by atoms with Crippen molar-refractivity contribution in [2.45, 2.75) is 44.6 Å². The van der Waals surface area contributed by atoms with Crippen LogP contribution in [-0.2, 0) is 4.79 Å². The molecule has 1 atom stereocenters. The minimum absolute atomic E-state index is 0.0754. The van der Waals surface area contributed by atoms with E-state index in [9.17, 15) is 9.59 Å². The van der Waals surface area contributed by atoms with Crippen molar-refractivity contribution in [3.05, 3.63) is 53.6 Å². The van der Waals surface area contributed by atoms with E-state index in [2.05, 4.69) is 22.3 Å². The average Bonchev–Trinajstić information content (AvgIpc) is 3.13. The smallest absolute Gasteiger partial charge is 0.220 e. The van der Waals surface area contributed by atoms with Crippen LogP contribution in [0.15, 0.2) is 42.5 Å². The van der Waals surface area contributed by atoms with Crippen molar-refractivity contribution in [2.75, 3.05) is 40.0 Å². The highest BCUT2D eigenvalue weighted by Gasteiger charge is 2.23. The number of benzene rings is 2. The molecule has 0 bridgehead atoms. The van der Waals surface area contributed by atoms with Gasteiger partial charge < -0.3 is 19.5 Å². The molecular formula is C27H34N2O5. The Morgan fingerprint density at radius 2 is 1.68 bits per heavy atom. The summed E-state index contributed by atoms with van der Waals surface area (Å²) >= 11 is 0. The van der Waals surface area contributed by atoms with E-state index in [-0.39, 0.29) is 30.6 Å². The topological polar surface area (TPSA) is 77.1 Å². The number of ether oxygens (including phenoxy) is 3. The van der Waals surface area contributed by atoms with Gasteiger partial charge in [-0.2, -0.15) is 0 Å². The Labute approximate surface area is 201 Å². The summed E-state index contributed by atoms with van der Waals surface area (Å²) in [4.78, 5) is 27.8. The zero-order valence-corrected chi connectivity index (χ0v) is 19.9. The summed E-state index contributed by atoms with van der Waals surface area (Å²) in [6.45, 7) is 3.74. The van der Waals surface area contributed by atoms with Gasteiger partial charge in [-0.3, -0.25) is 14.5 Å². The third kappa shape index (κ3) is 6.29. The Hall–Kier alpha value is -3.06. The lowest BCUT2D eigenvalue weighted by Gasteiger charge is -2.35. The van der Waals surface area contributed by atoms with Gasteiger partial charge in [0.05, 0.1) is 26.4 Å². The molecule has 7 heteroatoms. The summed E-state index contributed by atoms with van der Waals surface area (Å²) in [7, 11) is 1.66. The van der Waals surface area contributed by atoms with Crippen LogP contribution < -0.4 is 19.5 Å². The van der Waals surface area contributed by atoms with Crippen LogP contribution in [0.2, 0.25) is 0 Å². The fraction of sp³-hybridized carbons (Fsp3) is 0.481. The Kier molecular flexibility index (Phi) is 8.41. The molecule has 182 valence electrons. The normalized spacial score (nSPS) is 16.9. The summed E-state index contributed by atoms with van der Waals surface area (Å²) in [6, 6.07) is 13.4. The molecule has 1 fully saturated rings. The first-order valence-electron chi connectivity index (χ1n) is 12.2. The highest BCUT2D eigenvalue weighted by molar-refractivity contribution is 5.98. The molecule has 0 aliphatic carbocycles. The number of rotatable bonds is 9. The van der Waals surface area contributed by atoms with E-state index < -0.39 is 0 Å². The van der Waals surface area contributed by atoms with Crippen LogP contribution in [0.3, 0.4) is 0 Å². The fourth-order valence-electron chi connectivity index (χ4n) is 4.52. The van der Waals surface area contributed by atoms with Crippen molar-refractivity contribution in [2.24, 2.45) is 0 Å². The lowest BCUT2D eigenvalue weighted by Crippen LogP contribution is -2.40. The van der Waals surface area contributed by atoms with Gasteiger partial charge in [0.15, 0.2) is 17.3 Å². The number of fused-ring (bicyclic) bond motifs is 1. The molecule has 7 nitrogen and oxygen atoms in total. The van der Waals surface area contributed by atoms with E-state index in [1.807, 2.05) is 12.1 Å².